The first-order chi connectivity index (χ1) is 15.5. The second-order valence-electron chi connectivity index (χ2n) is 9.82. The maximum atomic E-state index is 12.9. The Kier molecular flexibility index (Phi) is 5.71. The van der Waals surface area contributed by atoms with Crippen LogP contribution in [-0.2, 0) is 19.3 Å². The number of thiophene rings is 1. The maximum Gasteiger partial charge on any atom is 0.496 e. The van der Waals surface area contributed by atoms with Crippen molar-refractivity contribution in [3.05, 3.63) is 64.0 Å². The van der Waals surface area contributed by atoms with Gasteiger partial charge in [-0.3, -0.25) is 0 Å². The molecule has 9 heteroatoms. The first-order valence-electron chi connectivity index (χ1n) is 11.1. The third-order valence-corrected chi connectivity index (χ3v) is 10.4. The third-order valence-electron chi connectivity index (χ3n) is 6.85. The molecule has 0 bridgehead atoms. The zero-order valence-corrected chi connectivity index (χ0v) is 21.5. The summed E-state index contributed by atoms with van der Waals surface area (Å²) in [6.45, 7) is 8.14. The van der Waals surface area contributed by atoms with Crippen LogP contribution in [0.25, 0.3) is 10.1 Å². The molecule has 1 aliphatic carbocycles. The number of nitrogens with one attached hydrogen (secondary N) is 1. The van der Waals surface area contributed by atoms with E-state index in [0.717, 1.165) is 26.0 Å². The summed E-state index contributed by atoms with van der Waals surface area (Å²) < 4.78 is 42.4. The smallest absolute Gasteiger partial charge is 0.399 e. The molecule has 5 rings (SSSR count). The van der Waals surface area contributed by atoms with Gasteiger partial charge in [0.15, 0.2) is 0 Å². The van der Waals surface area contributed by atoms with Crippen molar-refractivity contribution in [2.24, 2.45) is 0 Å². The lowest BCUT2D eigenvalue weighted by Gasteiger charge is -2.32. The Hall–Kier alpha value is -1.42. The van der Waals surface area contributed by atoms with Crippen molar-refractivity contribution in [3.63, 3.8) is 0 Å². The van der Waals surface area contributed by atoms with E-state index < -0.39 is 34.4 Å². The van der Waals surface area contributed by atoms with Crippen LogP contribution in [-0.4, -0.2) is 32.0 Å². The summed E-state index contributed by atoms with van der Waals surface area (Å²) in [4.78, 5) is 0.881. The fraction of sp³-hybridized carbons (Fsp3) is 0.417. The molecule has 1 aromatic heterocycles. The molecule has 2 fully saturated rings. The number of fused-ring (bicyclic) bond motifs is 1. The van der Waals surface area contributed by atoms with Gasteiger partial charge in [0.05, 0.1) is 22.5 Å². The van der Waals surface area contributed by atoms with Crippen molar-refractivity contribution in [2.45, 2.75) is 63.0 Å². The summed E-state index contributed by atoms with van der Waals surface area (Å²) in [6.07, 6.45) is 1.39. The summed E-state index contributed by atoms with van der Waals surface area (Å²) in [5, 5.41) is 1.23. The molecule has 0 amide bonds. The number of hydrogen-bond donors (Lipinski definition) is 1. The number of halogens is 1. The standard InChI is InChI=1S/C24H27BClNO4S2/c1-23(2)24(3,4)31-25(30-23)18-10-7-8-15-14-20(32-22(15)18)21(17-9-5-6-11-19(17)26)27-33(28,29)16-12-13-16/h5-11,14,16,21,27H,12-13H2,1-4H3. The Morgan fingerprint density at radius 1 is 1.06 bits per heavy atom. The van der Waals surface area contributed by atoms with Gasteiger partial charge in [0.2, 0.25) is 10.0 Å². The number of sulfonamides is 1. The topological polar surface area (TPSA) is 64.6 Å². The quantitative estimate of drug-likeness (QED) is 0.479. The van der Waals surface area contributed by atoms with Crippen molar-refractivity contribution in [2.75, 3.05) is 0 Å². The molecule has 3 aromatic rings. The van der Waals surface area contributed by atoms with Gasteiger partial charge in [0, 0.05) is 20.1 Å². The van der Waals surface area contributed by atoms with E-state index in [2.05, 4.69) is 4.72 Å². The molecular weight excluding hydrogens is 477 g/mol. The zero-order valence-electron chi connectivity index (χ0n) is 19.1. The minimum absolute atomic E-state index is 0.322. The van der Waals surface area contributed by atoms with Crippen LogP contribution in [0, 0.1) is 0 Å². The highest BCUT2D eigenvalue weighted by atomic mass is 35.5. The van der Waals surface area contributed by atoms with E-state index in [-0.39, 0.29) is 5.25 Å². The van der Waals surface area contributed by atoms with Crippen LogP contribution < -0.4 is 10.2 Å². The molecule has 5 nitrogen and oxygen atoms in total. The average molecular weight is 504 g/mol. The van der Waals surface area contributed by atoms with Crippen LogP contribution >= 0.6 is 22.9 Å². The molecule has 0 spiro atoms. The molecule has 1 unspecified atom stereocenters. The van der Waals surface area contributed by atoms with Gasteiger partial charge >= 0.3 is 7.12 Å². The minimum Gasteiger partial charge on any atom is -0.399 e. The van der Waals surface area contributed by atoms with Crippen LogP contribution in [0.5, 0.6) is 0 Å². The van der Waals surface area contributed by atoms with Crippen LogP contribution in [0.1, 0.15) is 57.0 Å². The molecule has 1 atom stereocenters. The molecule has 174 valence electrons. The van der Waals surface area contributed by atoms with E-state index in [1.165, 1.54) is 0 Å². The maximum absolute atomic E-state index is 12.9. The predicted molar refractivity (Wildman–Crippen MR) is 136 cm³/mol. The van der Waals surface area contributed by atoms with E-state index in [1.54, 1.807) is 17.4 Å². The first-order valence-corrected chi connectivity index (χ1v) is 13.9. The third kappa shape index (κ3) is 4.26. The van der Waals surface area contributed by atoms with E-state index >= 15 is 0 Å². The predicted octanol–water partition coefficient (Wildman–Crippen LogP) is 5.03. The van der Waals surface area contributed by atoms with E-state index in [4.69, 9.17) is 20.9 Å². The lowest BCUT2D eigenvalue weighted by atomic mass is 9.78. The van der Waals surface area contributed by atoms with E-state index in [1.807, 2.05) is 70.2 Å². The molecule has 1 N–H and O–H groups in total. The lowest BCUT2D eigenvalue weighted by Crippen LogP contribution is -2.41. The Labute approximate surface area is 204 Å². The Morgan fingerprint density at radius 2 is 1.73 bits per heavy atom. The summed E-state index contributed by atoms with van der Waals surface area (Å²) in [6, 6.07) is 14.9. The Morgan fingerprint density at radius 3 is 2.36 bits per heavy atom. The summed E-state index contributed by atoms with van der Waals surface area (Å²) in [7, 11) is -3.94. The van der Waals surface area contributed by atoms with Crippen molar-refractivity contribution >= 4 is 55.6 Å². The van der Waals surface area contributed by atoms with Crippen molar-refractivity contribution in [1.82, 2.24) is 4.72 Å². The normalized spacial score (nSPS) is 20.9. The zero-order chi connectivity index (χ0) is 23.6. The largest absolute Gasteiger partial charge is 0.496 e. The Bertz CT molecular complexity index is 1300. The van der Waals surface area contributed by atoms with Gasteiger partial charge in [0.1, 0.15) is 0 Å². The molecule has 33 heavy (non-hydrogen) atoms. The molecular formula is C24H27BClNO4S2. The monoisotopic (exact) mass is 503 g/mol. The van der Waals surface area contributed by atoms with E-state index in [0.29, 0.717) is 17.9 Å². The molecule has 0 radical (unpaired) electrons. The lowest BCUT2D eigenvalue weighted by molar-refractivity contribution is 0.00578. The molecule has 2 heterocycles. The summed E-state index contributed by atoms with van der Waals surface area (Å²) in [5.41, 5.74) is 0.803. The fourth-order valence-corrected chi connectivity index (χ4v) is 7.13. The fourth-order valence-electron chi connectivity index (χ4n) is 4.03. The SMILES string of the molecule is CC1(C)OB(c2cccc3cc(C(NS(=O)(=O)C4CC4)c4ccccc4Cl)sc23)OC1(C)C. The van der Waals surface area contributed by atoms with Crippen molar-refractivity contribution in [1.29, 1.82) is 0 Å². The van der Waals surface area contributed by atoms with Gasteiger partial charge in [-0.2, -0.15) is 0 Å². The summed E-state index contributed by atoms with van der Waals surface area (Å²) in [5.74, 6) is 0. The molecule has 1 aliphatic heterocycles. The van der Waals surface area contributed by atoms with Gasteiger partial charge in [-0.05, 0) is 63.6 Å². The number of hydrogen-bond acceptors (Lipinski definition) is 5. The van der Waals surface area contributed by atoms with Crippen molar-refractivity contribution in [3.8, 4) is 0 Å². The minimum atomic E-state index is -3.44. The van der Waals surface area contributed by atoms with Gasteiger partial charge in [-0.25, -0.2) is 13.1 Å². The average Bonchev–Trinajstić information content (AvgIpc) is 3.47. The highest BCUT2D eigenvalue weighted by Crippen LogP contribution is 2.40. The second-order valence-corrected chi connectivity index (χ2v) is 13.3. The molecule has 2 aliphatic rings. The van der Waals surface area contributed by atoms with Crippen LogP contribution in [0.4, 0.5) is 0 Å². The van der Waals surface area contributed by atoms with Crippen LogP contribution in [0.2, 0.25) is 5.02 Å². The highest BCUT2D eigenvalue weighted by Gasteiger charge is 2.52. The highest BCUT2D eigenvalue weighted by molar-refractivity contribution is 7.90. The molecule has 1 saturated carbocycles. The first kappa shape index (κ1) is 23.3. The molecule has 1 saturated heterocycles. The van der Waals surface area contributed by atoms with Gasteiger partial charge in [-0.15, -0.1) is 11.3 Å². The van der Waals surface area contributed by atoms with Crippen LogP contribution in [0.3, 0.4) is 0 Å². The second kappa shape index (κ2) is 8.07. The van der Waals surface area contributed by atoms with Crippen LogP contribution in [0.15, 0.2) is 48.5 Å². The summed E-state index contributed by atoms with van der Waals surface area (Å²) >= 11 is 8.07. The number of rotatable bonds is 6. The van der Waals surface area contributed by atoms with E-state index in [9.17, 15) is 8.42 Å². The van der Waals surface area contributed by atoms with Gasteiger partial charge < -0.3 is 9.31 Å². The molecule has 2 aromatic carbocycles. The van der Waals surface area contributed by atoms with Gasteiger partial charge in [0.25, 0.3) is 0 Å². The Balaban J connectivity index is 1.59. The van der Waals surface area contributed by atoms with Crippen molar-refractivity contribution < 1.29 is 17.7 Å². The van der Waals surface area contributed by atoms with Gasteiger partial charge in [-0.1, -0.05) is 48.0 Å². The number of benzene rings is 2.